The summed E-state index contributed by atoms with van der Waals surface area (Å²) in [5, 5.41) is 11.8. The SMILES string of the molecule is CC/C=C\C/C=C\C/C=C\C/C=C\C/C=C\C/C=C\C/C=C\CCCCCC(=O)OC(COC(=O)CCCCCCCCCCCCCCCCCCCCCCCCCCCCCCCCCCCCCCCCCC)COC(OCC[N+](C)(C)C)C(=O)[O-]. The van der Waals surface area contributed by atoms with Crippen LogP contribution in [0.4, 0.5) is 0 Å². The van der Waals surface area contributed by atoms with Crippen LogP contribution >= 0.6 is 0 Å². The highest BCUT2D eigenvalue weighted by atomic mass is 16.7. The first-order valence-corrected chi connectivity index (χ1v) is 38.2. The molecule has 0 saturated heterocycles. The molecule has 2 atom stereocenters. The van der Waals surface area contributed by atoms with Crippen molar-refractivity contribution < 1.29 is 42.9 Å². The molecule has 522 valence electrons. The number of carbonyl (C=O) groups is 3. The van der Waals surface area contributed by atoms with Gasteiger partial charge in [0, 0.05) is 12.8 Å². The van der Waals surface area contributed by atoms with Crippen LogP contribution in [0, 0.1) is 0 Å². The molecule has 0 amide bonds. The Kier molecular flexibility index (Phi) is 68.5. The number of carboxylic acids is 1. The number of nitrogens with zero attached hydrogens (tertiary/aromatic N) is 1. The molecule has 0 radical (unpaired) electrons. The number of hydrogen-bond donors (Lipinski definition) is 0. The van der Waals surface area contributed by atoms with E-state index in [0.717, 1.165) is 83.5 Å². The Morgan fingerprint density at radius 1 is 0.344 bits per heavy atom. The molecule has 0 heterocycles. The highest BCUT2D eigenvalue weighted by molar-refractivity contribution is 5.70. The van der Waals surface area contributed by atoms with Crippen molar-refractivity contribution in [1.29, 1.82) is 0 Å². The van der Waals surface area contributed by atoms with Gasteiger partial charge in [0.1, 0.15) is 13.2 Å². The molecule has 0 bridgehead atoms. The average Bonchev–Trinajstić information content (AvgIpc) is 3.73. The maximum absolute atomic E-state index is 12.9. The van der Waals surface area contributed by atoms with Crippen LogP contribution < -0.4 is 5.11 Å². The van der Waals surface area contributed by atoms with Gasteiger partial charge in [-0.3, -0.25) is 9.59 Å². The van der Waals surface area contributed by atoms with Crippen molar-refractivity contribution in [1.82, 2.24) is 0 Å². The van der Waals surface area contributed by atoms with E-state index >= 15 is 0 Å². The maximum atomic E-state index is 12.9. The number of unbranched alkanes of at least 4 members (excludes halogenated alkanes) is 42. The molecule has 90 heavy (non-hydrogen) atoms. The van der Waals surface area contributed by atoms with Gasteiger partial charge in [0.15, 0.2) is 12.4 Å². The van der Waals surface area contributed by atoms with E-state index in [2.05, 4.69) is 98.9 Å². The molecule has 2 unspecified atom stereocenters. The van der Waals surface area contributed by atoms with Crippen molar-refractivity contribution in [2.24, 2.45) is 0 Å². The molecular weight excluding hydrogens is 1110 g/mol. The van der Waals surface area contributed by atoms with Crippen LogP contribution in [0.2, 0.25) is 0 Å². The molecule has 0 aliphatic rings. The summed E-state index contributed by atoms with van der Waals surface area (Å²) in [6.07, 6.45) is 94.3. The standard InChI is InChI=1S/C81H145NO8/c1-6-8-10-12-14-16-18-20-22-24-26-28-30-32-33-34-35-36-37-38-39-40-41-42-43-44-45-46-48-49-51-53-55-57-59-61-63-65-67-69-71-78(83)88-75-77(76-89-81(80(85)86)87-74-73-82(3,4)5)90-79(84)72-70-68-66-64-62-60-58-56-54-52-50-47-31-29-27-25-23-21-19-17-15-13-11-9-7-2/h9,11,15,17,21,23,27,29,47,50,54,56,60,62,77,81H,6-8,10,12-14,16,18-20,22,24-26,28,30-46,48-49,51-53,55,57-59,61,63-76H2,1-5H3/b11-9-,17-15-,23-21-,29-27-,50-47-,56-54-,62-60-. The summed E-state index contributed by atoms with van der Waals surface area (Å²) in [5.41, 5.74) is 0. The number of quaternary nitrogens is 1. The first-order valence-electron chi connectivity index (χ1n) is 38.2. The van der Waals surface area contributed by atoms with E-state index in [1.807, 2.05) is 21.1 Å². The topological polar surface area (TPSA) is 111 Å². The van der Waals surface area contributed by atoms with E-state index in [-0.39, 0.29) is 38.6 Å². The lowest BCUT2D eigenvalue weighted by Gasteiger charge is -2.26. The smallest absolute Gasteiger partial charge is 0.306 e. The first-order chi connectivity index (χ1) is 44.1. The third-order valence-corrected chi connectivity index (χ3v) is 16.9. The Labute approximate surface area is 557 Å². The third kappa shape index (κ3) is 71.9. The number of hydrogen-bond acceptors (Lipinski definition) is 8. The minimum Gasteiger partial charge on any atom is -0.545 e. The lowest BCUT2D eigenvalue weighted by molar-refractivity contribution is -0.870. The quantitative estimate of drug-likeness (QED) is 0.0195. The van der Waals surface area contributed by atoms with E-state index in [1.54, 1.807) is 0 Å². The van der Waals surface area contributed by atoms with Crippen molar-refractivity contribution in [3.05, 3.63) is 85.1 Å². The zero-order valence-corrected chi connectivity index (χ0v) is 59.8. The summed E-state index contributed by atoms with van der Waals surface area (Å²) < 4.78 is 22.8. The van der Waals surface area contributed by atoms with Gasteiger partial charge in [0.25, 0.3) is 0 Å². The fourth-order valence-electron chi connectivity index (χ4n) is 11.1. The Balaban J connectivity index is 4.01. The molecule has 9 nitrogen and oxygen atoms in total. The van der Waals surface area contributed by atoms with Crippen molar-refractivity contribution in [3.63, 3.8) is 0 Å². The number of aliphatic carboxylic acids is 1. The fraction of sp³-hybridized carbons (Fsp3) is 0.790. The molecule has 0 fully saturated rings. The number of carbonyl (C=O) groups excluding carboxylic acids is 3. The predicted octanol–water partition coefficient (Wildman–Crippen LogP) is 22.9. The van der Waals surface area contributed by atoms with Crippen molar-refractivity contribution >= 4 is 17.9 Å². The summed E-state index contributed by atoms with van der Waals surface area (Å²) in [4.78, 5) is 37.5. The lowest BCUT2D eigenvalue weighted by Crippen LogP contribution is -2.44. The summed E-state index contributed by atoms with van der Waals surface area (Å²) in [6.45, 7) is 4.63. The predicted molar refractivity (Wildman–Crippen MR) is 384 cm³/mol. The average molecular weight is 1260 g/mol. The number of likely N-dealkylation sites (N-methyl/N-ethyl adjacent to an activating group) is 1. The van der Waals surface area contributed by atoms with E-state index in [1.165, 1.54) is 238 Å². The van der Waals surface area contributed by atoms with Gasteiger partial charge in [-0.05, 0) is 70.6 Å². The monoisotopic (exact) mass is 1260 g/mol. The van der Waals surface area contributed by atoms with E-state index in [0.29, 0.717) is 17.4 Å². The molecule has 0 rings (SSSR count). The van der Waals surface area contributed by atoms with Crippen LogP contribution in [0.3, 0.4) is 0 Å². The van der Waals surface area contributed by atoms with Crippen LogP contribution in [0.15, 0.2) is 85.1 Å². The molecule has 0 aromatic rings. The normalized spacial score (nSPS) is 13.1. The van der Waals surface area contributed by atoms with Gasteiger partial charge in [0.2, 0.25) is 0 Å². The van der Waals surface area contributed by atoms with Crippen LogP contribution in [-0.4, -0.2) is 82.3 Å². The second-order valence-electron chi connectivity index (χ2n) is 26.9. The molecular formula is C81H145NO8. The summed E-state index contributed by atoms with van der Waals surface area (Å²) in [6, 6.07) is 0. The van der Waals surface area contributed by atoms with E-state index < -0.39 is 24.3 Å². The van der Waals surface area contributed by atoms with E-state index in [9.17, 15) is 19.5 Å². The van der Waals surface area contributed by atoms with Gasteiger partial charge in [-0.2, -0.15) is 0 Å². The van der Waals surface area contributed by atoms with Gasteiger partial charge in [0.05, 0.1) is 40.3 Å². The number of rotatable bonds is 71. The van der Waals surface area contributed by atoms with Crippen molar-refractivity contribution in [2.45, 2.75) is 367 Å². The largest absolute Gasteiger partial charge is 0.545 e. The molecule has 0 saturated carbocycles. The minimum absolute atomic E-state index is 0.138. The zero-order chi connectivity index (χ0) is 65.4. The summed E-state index contributed by atoms with van der Waals surface area (Å²) in [5.74, 6) is -2.32. The van der Waals surface area contributed by atoms with Crippen LogP contribution in [0.25, 0.3) is 0 Å². The summed E-state index contributed by atoms with van der Waals surface area (Å²) in [7, 11) is 5.92. The molecule has 0 aliphatic heterocycles. The maximum Gasteiger partial charge on any atom is 0.306 e. The highest BCUT2D eigenvalue weighted by Gasteiger charge is 2.22. The van der Waals surface area contributed by atoms with Gasteiger partial charge in [-0.15, -0.1) is 0 Å². The molecule has 9 heteroatoms. The number of esters is 2. The van der Waals surface area contributed by atoms with Gasteiger partial charge in [-0.25, -0.2) is 0 Å². The second-order valence-corrected chi connectivity index (χ2v) is 26.9. The van der Waals surface area contributed by atoms with Crippen LogP contribution in [0.5, 0.6) is 0 Å². The van der Waals surface area contributed by atoms with Crippen LogP contribution in [-0.2, 0) is 33.3 Å². The molecule has 0 aromatic heterocycles. The zero-order valence-electron chi connectivity index (χ0n) is 59.8. The highest BCUT2D eigenvalue weighted by Crippen LogP contribution is 2.19. The van der Waals surface area contributed by atoms with Gasteiger partial charge >= 0.3 is 11.9 Å². The Morgan fingerprint density at radius 3 is 0.944 bits per heavy atom. The van der Waals surface area contributed by atoms with E-state index in [4.69, 9.17) is 18.9 Å². The molecule has 0 spiro atoms. The Morgan fingerprint density at radius 2 is 0.633 bits per heavy atom. The number of ether oxygens (including phenoxy) is 4. The number of allylic oxidation sites excluding steroid dienone is 14. The minimum atomic E-state index is -1.64. The Bertz CT molecular complexity index is 1760. The first kappa shape index (κ1) is 86.5. The third-order valence-electron chi connectivity index (χ3n) is 16.9. The van der Waals surface area contributed by atoms with Crippen molar-refractivity contribution in [2.75, 3.05) is 47.5 Å². The second kappa shape index (κ2) is 71.3. The van der Waals surface area contributed by atoms with Crippen LogP contribution in [0.1, 0.15) is 354 Å². The fourth-order valence-corrected chi connectivity index (χ4v) is 11.1. The number of carboxylic acid groups (broad SMARTS) is 1. The molecule has 0 aromatic carbocycles. The van der Waals surface area contributed by atoms with Gasteiger partial charge < -0.3 is 33.3 Å². The summed E-state index contributed by atoms with van der Waals surface area (Å²) >= 11 is 0. The van der Waals surface area contributed by atoms with Crippen molar-refractivity contribution in [3.8, 4) is 0 Å². The lowest BCUT2D eigenvalue weighted by atomic mass is 10.0. The molecule has 0 N–H and O–H groups in total. The molecule has 0 aliphatic carbocycles. The van der Waals surface area contributed by atoms with Gasteiger partial charge in [-0.1, -0.05) is 356 Å². The Hall–Kier alpha value is -3.53.